The van der Waals surface area contributed by atoms with Crippen LogP contribution in [0.3, 0.4) is 0 Å². The Hall–Kier alpha value is -0.420. The molecule has 13 heavy (non-hydrogen) atoms. The van der Waals surface area contributed by atoms with Crippen LogP contribution in [0.25, 0.3) is 0 Å². The number of hydrogen-bond donors (Lipinski definition) is 1. The minimum absolute atomic E-state index is 0.156. The van der Waals surface area contributed by atoms with Gasteiger partial charge in [-0.3, -0.25) is 4.79 Å². The largest absolute Gasteiger partial charge is 0.481 e. The molecule has 0 unspecified atom stereocenters. The minimum atomic E-state index is -0.774. The first-order valence-electron chi connectivity index (χ1n) is 3.99. The number of aryl methyl sites for hydroxylation is 2. The maximum absolute atomic E-state index is 10.3. The van der Waals surface area contributed by atoms with Crippen molar-refractivity contribution in [3.05, 3.63) is 14.5 Å². The molecule has 0 aliphatic carbocycles. The van der Waals surface area contributed by atoms with E-state index < -0.39 is 5.97 Å². The van der Waals surface area contributed by atoms with Gasteiger partial charge in [-0.25, -0.2) is 4.98 Å². The molecule has 0 aliphatic heterocycles. The van der Waals surface area contributed by atoms with Gasteiger partial charge in [0.15, 0.2) is 0 Å². The van der Waals surface area contributed by atoms with Gasteiger partial charge in [0.25, 0.3) is 0 Å². The molecule has 0 aliphatic rings. The number of aromatic nitrogens is 1. The average molecular weight is 264 g/mol. The molecule has 0 radical (unpaired) electrons. The predicted molar refractivity (Wildman–Crippen MR) is 55.1 cm³/mol. The summed E-state index contributed by atoms with van der Waals surface area (Å²) in [5, 5.41) is 9.37. The van der Waals surface area contributed by atoms with Gasteiger partial charge in [0.2, 0.25) is 0 Å². The molecule has 0 atom stereocenters. The maximum atomic E-state index is 10.3. The molecule has 1 heterocycles. The van der Waals surface area contributed by atoms with E-state index in [9.17, 15) is 4.79 Å². The topological polar surface area (TPSA) is 50.2 Å². The van der Waals surface area contributed by atoms with E-state index >= 15 is 0 Å². The van der Waals surface area contributed by atoms with Gasteiger partial charge in [0.05, 0.1) is 11.4 Å². The molecule has 1 aromatic rings. The Labute approximate surface area is 88.9 Å². The van der Waals surface area contributed by atoms with E-state index in [1.165, 1.54) is 4.88 Å². The molecule has 0 aromatic carbocycles. The lowest BCUT2D eigenvalue weighted by atomic mass is 10.3. The monoisotopic (exact) mass is 263 g/mol. The quantitative estimate of drug-likeness (QED) is 0.908. The Kier molecular flexibility index (Phi) is 3.87. The van der Waals surface area contributed by atoms with E-state index in [1.807, 2.05) is 0 Å². The number of aliphatic carboxylic acids is 1. The highest BCUT2D eigenvalue weighted by atomic mass is 79.9. The zero-order chi connectivity index (χ0) is 9.84. The molecular formula is C8H10BrNO2S. The second-order valence-electron chi connectivity index (χ2n) is 2.57. The zero-order valence-electron chi connectivity index (χ0n) is 7.21. The molecule has 0 bridgehead atoms. The number of carboxylic acids is 1. The fourth-order valence-corrected chi connectivity index (χ4v) is 2.67. The number of carboxylic acid groups (broad SMARTS) is 1. The number of carbonyl (C=O) groups is 1. The second-order valence-corrected chi connectivity index (χ2v) is 4.49. The zero-order valence-corrected chi connectivity index (χ0v) is 9.61. The van der Waals surface area contributed by atoms with E-state index in [-0.39, 0.29) is 6.42 Å². The summed E-state index contributed by atoms with van der Waals surface area (Å²) in [6.45, 7) is 2.05. The van der Waals surface area contributed by atoms with Gasteiger partial charge in [-0.05, 0) is 22.4 Å². The molecule has 0 fully saturated rings. The third kappa shape index (κ3) is 3.08. The summed E-state index contributed by atoms with van der Waals surface area (Å²) in [5.74, 6) is -0.774. The summed E-state index contributed by atoms with van der Waals surface area (Å²) in [5.41, 5.74) is 0. The SMILES string of the molecule is CCc1sc(CCC(=O)O)nc1Br. The van der Waals surface area contributed by atoms with E-state index in [0.29, 0.717) is 6.42 Å². The van der Waals surface area contributed by atoms with Crippen molar-refractivity contribution >= 4 is 33.2 Å². The van der Waals surface area contributed by atoms with Crippen molar-refractivity contribution < 1.29 is 9.90 Å². The van der Waals surface area contributed by atoms with Gasteiger partial charge in [-0.2, -0.15) is 0 Å². The Bertz CT molecular complexity index is 311. The standard InChI is InChI=1S/C8H10BrNO2S/c1-2-5-8(9)10-6(13-5)3-4-7(11)12/h2-4H2,1H3,(H,11,12). The van der Waals surface area contributed by atoms with Crippen LogP contribution in [0.5, 0.6) is 0 Å². The fraction of sp³-hybridized carbons (Fsp3) is 0.500. The second kappa shape index (κ2) is 4.72. The molecule has 72 valence electrons. The highest BCUT2D eigenvalue weighted by Gasteiger charge is 2.08. The van der Waals surface area contributed by atoms with Crippen LogP contribution < -0.4 is 0 Å². The van der Waals surface area contributed by atoms with Crippen molar-refractivity contribution in [3.63, 3.8) is 0 Å². The first kappa shape index (κ1) is 10.7. The Morgan fingerprint density at radius 2 is 2.38 bits per heavy atom. The average Bonchev–Trinajstić information content (AvgIpc) is 2.43. The van der Waals surface area contributed by atoms with Crippen molar-refractivity contribution in [1.82, 2.24) is 4.98 Å². The number of halogens is 1. The molecule has 1 aromatic heterocycles. The van der Waals surface area contributed by atoms with Crippen LogP contribution in [-0.4, -0.2) is 16.1 Å². The van der Waals surface area contributed by atoms with Gasteiger partial charge < -0.3 is 5.11 Å². The van der Waals surface area contributed by atoms with Crippen LogP contribution in [0, 0.1) is 0 Å². The summed E-state index contributed by atoms with van der Waals surface area (Å²) in [6, 6.07) is 0. The number of hydrogen-bond acceptors (Lipinski definition) is 3. The van der Waals surface area contributed by atoms with Gasteiger partial charge in [0.1, 0.15) is 4.60 Å². The molecule has 1 N–H and O–H groups in total. The summed E-state index contributed by atoms with van der Waals surface area (Å²) in [7, 11) is 0. The van der Waals surface area contributed by atoms with Crippen molar-refractivity contribution in [2.45, 2.75) is 26.2 Å². The third-order valence-electron chi connectivity index (χ3n) is 1.57. The normalized spacial score (nSPS) is 10.3. The lowest BCUT2D eigenvalue weighted by molar-refractivity contribution is -0.136. The fourth-order valence-electron chi connectivity index (χ4n) is 0.918. The molecule has 0 amide bonds. The number of rotatable bonds is 4. The van der Waals surface area contributed by atoms with Crippen LogP contribution >= 0.6 is 27.3 Å². The highest BCUT2D eigenvalue weighted by Crippen LogP contribution is 2.24. The van der Waals surface area contributed by atoms with Crippen molar-refractivity contribution in [2.24, 2.45) is 0 Å². The van der Waals surface area contributed by atoms with Gasteiger partial charge in [-0.1, -0.05) is 6.92 Å². The number of nitrogens with zero attached hydrogens (tertiary/aromatic N) is 1. The molecule has 0 saturated carbocycles. The third-order valence-corrected chi connectivity index (χ3v) is 3.75. The molecule has 5 heteroatoms. The molecule has 1 rings (SSSR count). The van der Waals surface area contributed by atoms with Crippen LogP contribution in [0.15, 0.2) is 4.60 Å². The van der Waals surface area contributed by atoms with Crippen LogP contribution in [0.2, 0.25) is 0 Å². The lowest BCUT2D eigenvalue weighted by Gasteiger charge is -1.89. The van der Waals surface area contributed by atoms with Crippen molar-refractivity contribution in [2.75, 3.05) is 0 Å². The van der Waals surface area contributed by atoms with Gasteiger partial charge in [0, 0.05) is 11.3 Å². The highest BCUT2D eigenvalue weighted by molar-refractivity contribution is 9.10. The summed E-state index contributed by atoms with van der Waals surface area (Å²) in [4.78, 5) is 15.7. The molecule has 0 spiro atoms. The van der Waals surface area contributed by atoms with Crippen molar-refractivity contribution in [3.8, 4) is 0 Å². The lowest BCUT2D eigenvalue weighted by Crippen LogP contribution is -1.96. The maximum Gasteiger partial charge on any atom is 0.303 e. The van der Waals surface area contributed by atoms with E-state index in [0.717, 1.165) is 16.0 Å². The Balaban J connectivity index is 2.62. The first-order valence-corrected chi connectivity index (χ1v) is 5.60. The predicted octanol–water partition coefficient (Wildman–Crippen LogP) is 2.49. The van der Waals surface area contributed by atoms with Gasteiger partial charge in [-0.15, -0.1) is 11.3 Å². The summed E-state index contributed by atoms with van der Waals surface area (Å²) in [6.07, 6.45) is 1.62. The first-order chi connectivity index (χ1) is 6.13. The minimum Gasteiger partial charge on any atom is -0.481 e. The molecular weight excluding hydrogens is 254 g/mol. The van der Waals surface area contributed by atoms with E-state index in [2.05, 4.69) is 27.8 Å². The molecule has 3 nitrogen and oxygen atoms in total. The number of thiazole rings is 1. The van der Waals surface area contributed by atoms with E-state index in [1.54, 1.807) is 11.3 Å². The van der Waals surface area contributed by atoms with Crippen LogP contribution in [0.1, 0.15) is 23.2 Å². The van der Waals surface area contributed by atoms with E-state index in [4.69, 9.17) is 5.11 Å². The van der Waals surface area contributed by atoms with Crippen LogP contribution in [0.4, 0.5) is 0 Å². The van der Waals surface area contributed by atoms with Crippen molar-refractivity contribution in [1.29, 1.82) is 0 Å². The molecule has 0 saturated heterocycles. The summed E-state index contributed by atoms with van der Waals surface area (Å²) < 4.78 is 0.861. The van der Waals surface area contributed by atoms with Gasteiger partial charge >= 0.3 is 5.97 Å². The Morgan fingerprint density at radius 1 is 1.69 bits per heavy atom. The summed E-state index contributed by atoms with van der Waals surface area (Å²) >= 11 is 4.92. The Morgan fingerprint density at radius 3 is 2.85 bits per heavy atom. The van der Waals surface area contributed by atoms with Crippen LogP contribution in [-0.2, 0) is 17.6 Å². The smallest absolute Gasteiger partial charge is 0.303 e.